The average Bonchev–Trinajstić information content (AvgIpc) is 3.31. The largest absolute Gasteiger partial charge is 0.323 e. The number of fused-ring (bicyclic) bond motifs is 1. The van der Waals surface area contributed by atoms with E-state index in [4.69, 9.17) is 0 Å². The van der Waals surface area contributed by atoms with E-state index in [0.717, 1.165) is 47.4 Å². The molecule has 3 heterocycles. The predicted octanol–water partition coefficient (Wildman–Crippen LogP) is 2.61. The van der Waals surface area contributed by atoms with E-state index in [0.29, 0.717) is 18.8 Å². The first-order valence-electron chi connectivity index (χ1n) is 8.68. The van der Waals surface area contributed by atoms with Crippen molar-refractivity contribution in [1.29, 1.82) is 0 Å². The van der Waals surface area contributed by atoms with Crippen molar-refractivity contribution in [3.05, 3.63) is 54.0 Å². The normalized spacial score (nSPS) is 17.0. The highest BCUT2D eigenvalue weighted by atomic mass is 16.1. The van der Waals surface area contributed by atoms with Crippen LogP contribution in [0.1, 0.15) is 30.0 Å². The van der Waals surface area contributed by atoms with Crippen molar-refractivity contribution >= 4 is 22.5 Å². The molecular weight excluding hydrogens is 314 g/mol. The van der Waals surface area contributed by atoms with Crippen LogP contribution in [0, 0.1) is 0 Å². The average molecular weight is 335 g/mol. The molecule has 1 fully saturated rings. The monoisotopic (exact) mass is 335 g/mol. The van der Waals surface area contributed by atoms with Gasteiger partial charge in [-0.15, -0.1) is 0 Å². The van der Waals surface area contributed by atoms with Gasteiger partial charge < -0.3 is 10.6 Å². The summed E-state index contributed by atoms with van der Waals surface area (Å²) < 4.78 is 0. The Morgan fingerprint density at radius 3 is 3.08 bits per heavy atom. The SMILES string of the molecule is O=C(CCc1ccnc2ccccc12)Nc1cn[nH]c1C1CCNC1. The van der Waals surface area contributed by atoms with Crippen LogP contribution < -0.4 is 10.6 Å². The molecule has 6 nitrogen and oxygen atoms in total. The lowest BCUT2D eigenvalue weighted by Crippen LogP contribution is -2.15. The Bertz CT molecular complexity index is 877. The maximum absolute atomic E-state index is 12.4. The number of carbonyl (C=O) groups is 1. The summed E-state index contributed by atoms with van der Waals surface area (Å²) in [5, 5.41) is 14.6. The fourth-order valence-corrected chi connectivity index (χ4v) is 3.44. The number of hydrogen-bond donors (Lipinski definition) is 3. The molecular formula is C19H21N5O. The number of pyridine rings is 1. The fourth-order valence-electron chi connectivity index (χ4n) is 3.44. The van der Waals surface area contributed by atoms with E-state index >= 15 is 0 Å². The molecule has 1 amide bonds. The van der Waals surface area contributed by atoms with Gasteiger partial charge in [-0.1, -0.05) is 18.2 Å². The van der Waals surface area contributed by atoms with Gasteiger partial charge in [0.05, 0.1) is 23.1 Å². The van der Waals surface area contributed by atoms with Crippen molar-refractivity contribution in [3.63, 3.8) is 0 Å². The number of nitrogens with one attached hydrogen (secondary N) is 3. The molecule has 1 saturated heterocycles. The smallest absolute Gasteiger partial charge is 0.224 e. The van der Waals surface area contributed by atoms with E-state index in [2.05, 4.69) is 31.9 Å². The van der Waals surface area contributed by atoms with Crippen LogP contribution in [-0.2, 0) is 11.2 Å². The van der Waals surface area contributed by atoms with E-state index < -0.39 is 0 Å². The molecule has 0 spiro atoms. The number of carbonyl (C=O) groups excluding carboxylic acids is 1. The van der Waals surface area contributed by atoms with E-state index in [1.165, 1.54) is 0 Å². The molecule has 0 radical (unpaired) electrons. The first-order chi connectivity index (χ1) is 12.3. The molecule has 25 heavy (non-hydrogen) atoms. The van der Waals surface area contributed by atoms with Gasteiger partial charge in [-0.3, -0.25) is 14.9 Å². The number of amides is 1. The molecule has 1 aromatic carbocycles. The fraction of sp³-hybridized carbons (Fsp3) is 0.316. The zero-order valence-electron chi connectivity index (χ0n) is 14.0. The molecule has 4 rings (SSSR count). The van der Waals surface area contributed by atoms with Crippen molar-refractivity contribution in [2.45, 2.75) is 25.2 Å². The van der Waals surface area contributed by atoms with Gasteiger partial charge in [0.25, 0.3) is 0 Å². The molecule has 1 aliphatic heterocycles. The number of aromatic nitrogens is 3. The summed E-state index contributed by atoms with van der Waals surface area (Å²) in [6.07, 6.45) is 5.69. The maximum atomic E-state index is 12.4. The third-order valence-corrected chi connectivity index (χ3v) is 4.77. The second kappa shape index (κ2) is 7.03. The molecule has 1 aliphatic rings. The van der Waals surface area contributed by atoms with Gasteiger partial charge in [-0.2, -0.15) is 5.10 Å². The molecule has 0 saturated carbocycles. The molecule has 0 bridgehead atoms. The Hall–Kier alpha value is -2.73. The molecule has 128 valence electrons. The number of hydrogen-bond acceptors (Lipinski definition) is 4. The molecule has 2 aromatic heterocycles. The summed E-state index contributed by atoms with van der Waals surface area (Å²) >= 11 is 0. The van der Waals surface area contributed by atoms with Gasteiger partial charge in [0.1, 0.15) is 0 Å². The number of rotatable bonds is 5. The quantitative estimate of drug-likeness (QED) is 0.669. The van der Waals surface area contributed by atoms with Crippen molar-refractivity contribution in [3.8, 4) is 0 Å². The summed E-state index contributed by atoms with van der Waals surface area (Å²) in [6.45, 7) is 1.93. The van der Waals surface area contributed by atoms with E-state index in [1.54, 1.807) is 12.4 Å². The van der Waals surface area contributed by atoms with Crippen molar-refractivity contribution in [1.82, 2.24) is 20.5 Å². The third-order valence-electron chi connectivity index (χ3n) is 4.77. The van der Waals surface area contributed by atoms with Crippen molar-refractivity contribution in [2.24, 2.45) is 0 Å². The summed E-state index contributed by atoms with van der Waals surface area (Å²) in [7, 11) is 0. The topological polar surface area (TPSA) is 82.7 Å². The highest BCUT2D eigenvalue weighted by Crippen LogP contribution is 2.27. The van der Waals surface area contributed by atoms with Crippen LogP contribution >= 0.6 is 0 Å². The van der Waals surface area contributed by atoms with Crippen LogP contribution in [0.4, 0.5) is 5.69 Å². The van der Waals surface area contributed by atoms with Gasteiger partial charge >= 0.3 is 0 Å². The van der Waals surface area contributed by atoms with Gasteiger partial charge in [0, 0.05) is 30.5 Å². The summed E-state index contributed by atoms with van der Waals surface area (Å²) in [4.78, 5) is 16.8. The Balaban J connectivity index is 1.42. The Morgan fingerprint density at radius 1 is 1.28 bits per heavy atom. The molecule has 1 unspecified atom stereocenters. The lowest BCUT2D eigenvalue weighted by molar-refractivity contribution is -0.116. The second-order valence-electron chi connectivity index (χ2n) is 6.42. The highest BCUT2D eigenvalue weighted by Gasteiger charge is 2.22. The number of anilines is 1. The van der Waals surface area contributed by atoms with Crippen LogP contribution in [0.15, 0.2) is 42.7 Å². The number of aryl methyl sites for hydroxylation is 1. The van der Waals surface area contributed by atoms with Gasteiger partial charge in [-0.25, -0.2) is 0 Å². The summed E-state index contributed by atoms with van der Waals surface area (Å²) in [5.41, 5.74) is 3.94. The second-order valence-corrected chi connectivity index (χ2v) is 6.42. The number of benzene rings is 1. The Morgan fingerprint density at radius 2 is 2.20 bits per heavy atom. The van der Waals surface area contributed by atoms with Crippen LogP contribution in [0.2, 0.25) is 0 Å². The summed E-state index contributed by atoms with van der Waals surface area (Å²) in [6, 6.07) is 10.0. The van der Waals surface area contributed by atoms with Crippen LogP contribution in [0.3, 0.4) is 0 Å². The lowest BCUT2D eigenvalue weighted by Gasteiger charge is -2.10. The maximum Gasteiger partial charge on any atom is 0.224 e. The molecule has 1 atom stereocenters. The molecule has 3 N–H and O–H groups in total. The van der Waals surface area contributed by atoms with E-state index in [9.17, 15) is 4.79 Å². The summed E-state index contributed by atoms with van der Waals surface area (Å²) in [5.74, 6) is 0.399. The predicted molar refractivity (Wildman–Crippen MR) is 97.5 cm³/mol. The van der Waals surface area contributed by atoms with Crippen LogP contribution in [0.25, 0.3) is 10.9 Å². The number of H-pyrrole nitrogens is 1. The zero-order chi connectivity index (χ0) is 17.1. The molecule has 3 aromatic rings. The first-order valence-corrected chi connectivity index (χ1v) is 8.68. The minimum absolute atomic E-state index is 0.00880. The third kappa shape index (κ3) is 3.39. The van der Waals surface area contributed by atoms with E-state index in [1.807, 2.05) is 24.3 Å². The Labute approximate surface area is 146 Å². The highest BCUT2D eigenvalue weighted by molar-refractivity contribution is 5.92. The minimum Gasteiger partial charge on any atom is -0.323 e. The Kier molecular flexibility index (Phi) is 4.43. The molecule has 6 heteroatoms. The number of para-hydroxylation sites is 1. The molecule has 0 aliphatic carbocycles. The lowest BCUT2D eigenvalue weighted by atomic mass is 10.0. The minimum atomic E-state index is 0.00880. The van der Waals surface area contributed by atoms with Crippen molar-refractivity contribution in [2.75, 3.05) is 18.4 Å². The number of nitrogens with zero attached hydrogens (tertiary/aromatic N) is 2. The van der Waals surface area contributed by atoms with E-state index in [-0.39, 0.29) is 5.91 Å². The van der Waals surface area contributed by atoms with Gasteiger partial charge in [-0.05, 0) is 37.1 Å². The van der Waals surface area contributed by atoms with Gasteiger partial charge in [0.2, 0.25) is 5.91 Å². The van der Waals surface area contributed by atoms with Crippen molar-refractivity contribution < 1.29 is 4.79 Å². The first kappa shape index (κ1) is 15.8. The standard InChI is InChI=1S/C19H21N5O/c25-18(23-17-12-22-24-19(17)14-7-9-20-11-14)6-5-13-8-10-21-16-4-2-1-3-15(13)16/h1-4,8,10,12,14,20H,5-7,9,11H2,(H,22,24)(H,23,25). The van der Waals surface area contributed by atoms with Gasteiger partial charge in [0.15, 0.2) is 0 Å². The van der Waals surface area contributed by atoms with Crippen LogP contribution in [0.5, 0.6) is 0 Å². The van der Waals surface area contributed by atoms with Crippen LogP contribution in [-0.4, -0.2) is 34.2 Å². The number of aromatic amines is 1. The zero-order valence-corrected chi connectivity index (χ0v) is 14.0.